The van der Waals surface area contributed by atoms with Gasteiger partial charge in [0, 0.05) is 37.1 Å². The topological polar surface area (TPSA) is 52.5 Å². The van der Waals surface area contributed by atoms with Crippen molar-refractivity contribution in [3.05, 3.63) is 18.0 Å². The summed E-state index contributed by atoms with van der Waals surface area (Å²) in [5, 5.41) is 8.96. The van der Waals surface area contributed by atoms with E-state index < -0.39 is 0 Å². The van der Waals surface area contributed by atoms with Gasteiger partial charge in [0.25, 0.3) is 0 Å². The molecule has 1 atom stereocenters. The van der Waals surface area contributed by atoms with Crippen molar-refractivity contribution in [2.45, 2.75) is 25.5 Å². The van der Waals surface area contributed by atoms with E-state index in [1.54, 1.807) is 12.4 Å². The molecule has 1 aromatic heterocycles. The average molecular weight is 236 g/mol. The molecule has 1 N–H and O–H groups in total. The molecule has 1 fully saturated rings. The number of likely N-dealkylation sites (N-methyl/N-ethyl adjacent to an activating group) is 1. The molecule has 0 aromatic carbocycles. The van der Waals surface area contributed by atoms with Gasteiger partial charge in [-0.1, -0.05) is 0 Å². The lowest BCUT2D eigenvalue weighted by atomic mass is 10.2. The van der Waals surface area contributed by atoms with Gasteiger partial charge in [-0.25, -0.2) is 9.97 Å². The second kappa shape index (κ2) is 5.42. The fourth-order valence-electron chi connectivity index (χ4n) is 2.29. The fourth-order valence-corrected chi connectivity index (χ4v) is 2.29. The van der Waals surface area contributed by atoms with Crippen LogP contribution in [0.5, 0.6) is 0 Å². The Balaban J connectivity index is 2.08. The molecular formula is C12H20N4O. The summed E-state index contributed by atoms with van der Waals surface area (Å²) >= 11 is 0. The third kappa shape index (κ3) is 2.92. The quantitative estimate of drug-likeness (QED) is 0.825. The summed E-state index contributed by atoms with van der Waals surface area (Å²) in [4.78, 5) is 13.1. The normalized spacial score (nSPS) is 20.2. The van der Waals surface area contributed by atoms with Crippen molar-refractivity contribution in [3.63, 3.8) is 0 Å². The Kier molecular flexibility index (Phi) is 3.91. The second-order valence-electron chi connectivity index (χ2n) is 4.80. The highest BCUT2D eigenvalue weighted by Crippen LogP contribution is 2.22. The van der Waals surface area contributed by atoms with Gasteiger partial charge in [0.15, 0.2) is 0 Å². The molecule has 2 heterocycles. The van der Waals surface area contributed by atoms with Crippen LogP contribution in [-0.2, 0) is 6.61 Å². The predicted molar refractivity (Wildman–Crippen MR) is 66.9 cm³/mol. The maximum absolute atomic E-state index is 8.96. The largest absolute Gasteiger partial charge is 0.392 e. The Morgan fingerprint density at radius 2 is 2.12 bits per heavy atom. The Morgan fingerprint density at radius 1 is 1.41 bits per heavy atom. The van der Waals surface area contributed by atoms with Crippen LogP contribution in [0.25, 0.3) is 0 Å². The molecular weight excluding hydrogens is 216 g/mol. The molecule has 1 saturated heterocycles. The van der Waals surface area contributed by atoms with Gasteiger partial charge in [0.1, 0.15) is 0 Å². The first kappa shape index (κ1) is 12.3. The van der Waals surface area contributed by atoms with Crippen molar-refractivity contribution in [1.82, 2.24) is 14.9 Å². The fraction of sp³-hybridized carbons (Fsp3) is 0.667. The summed E-state index contributed by atoms with van der Waals surface area (Å²) in [5.41, 5.74) is 0.761. The van der Waals surface area contributed by atoms with E-state index in [2.05, 4.69) is 33.9 Å². The molecule has 0 radical (unpaired) electrons. The standard InChI is InChI=1S/C12H20N4O/c1-15(2)8-11-4-3-5-16(11)12-13-6-10(9-17)7-14-12/h6-7,11,17H,3-5,8-9H2,1-2H3. The van der Waals surface area contributed by atoms with E-state index in [0.29, 0.717) is 6.04 Å². The van der Waals surface area contributed by atoms with Crippen molar-refractivity contribution in [1.29, 1.82) is 0 Å². The van der Waals surface area contributed by atoms with Crippen LogP contribution in [0.4, 0.5) is 5.95 Å². The smallest absolute Gasteiger partial charge is 0.225 e. The molecule has 1 unspecified atom stereocenters. The summed E-state index contributed by atoms with van der Waals surface area (Å²) in [5.74, 6) is 0.784. The molecule has 2 rings (SSSR count). The lowest BCUT2D eigenvalue weighted by Gasteiger charge is -2.27. The minimum absolute atomic E-state index is 0.00140. The van der Waals surface area contributed by atoms with E-state index in [1.165, 1.54) is 12.8 Å². The lowest BCUT2D eigenvalue weighted by molar-refractivity contribution is 0.281. The van der Waals surface area contributed by atoms with Crippen LogP contribution in [0.15, 0.2) is 12.4 Å². The van der Waals surface area contributed by atoms with E-state index in [1.807, 2.05) is 0 Å². The van der Waals surface area contributed by atoms with Gasteiger partial charge in [-0.05, 0) is 26.9 Å². The first-order chi connectivity index (χ1) is 8.20. The van der Waals surface area contributed by atoms with Crippen LogP contribution in [0.2, 0.25) is 0 Å². The van der Waals surface area contributed by atoms with Crippen LogP contribution < -0.4 is 4.90 Å². The first-order valence-electron chi connectivity index (χ1n) is 6.04. The number of hydrogen-bond acceptors (Lipinski definition) is 5. The monoisotopic (exact) mass is 236 g/mol. The molecule has 17 heavy (non-hydrogen) atoms. The van der Waals surface area contributed by atoms with Gasteiger partial charge in [-0.2, -0.15) is 0 Å². The molecule has 1 aliphatic rings. The van der Waals surface area contributed by atoms with Crippen LogP contribution in [0, 0.1) is 0 Å². The van der Waals surface area contributed by atoms with Crippen molar-refractivity contribution < 1.29 is 5.11 Å². The minimum Gasteiger partial charge on any atom is -0.392 e. The number of anilines is 1. The molecule has 0 bridgehead atoms. The van der Waals surface area contributed by atoms with E-state index in [0.717, 1.165) is 24.6 Å². The summed E-state index contributed by atoms with van der Waals surface area (Å²) in [6, 6.07) is 0.505. The number of rotatable bonds is 4. The molecule has 0 amide bonds. The summed E-state index contributed by atoms with van der Waals surface area (Å²) in [6.45, 7) is 2.06. The summed E-state index contributed by atoms with van der Waals surface area (Å²) < 4.78 is 0. The van der Waals surface area contributed by atoms with Gasteiger partial charge < -0.3 is 14.9 Å². The maximum Gasteiger partial charge on any atom is 0.225 e. The molecule has 1 aliphatic heterocycles. The highest BCUT2D eigenvalue weighted by Gasteiger charge is 2.26. The van der Waals surface area contributed by atoms with Gasteiger partial charge in [-0.15, -0.1) is 0 Å². The zero-order chi connectivity index (χ0) is 12.3. The van der Waals surface area contributed by atoms with E-state index in [-0.39, 0.29) is 6.61 Å². The first-order valence-corrected chi connectivity index (χ1v) is 6.04. The van der Waals surface area contributed by atoms with Crippen LogP contribution >= 0.6 is 0 Å². The van der Waals surface area contributed by atoms with E-state index >= 15 is 0 Å². The number of aliphatic hydroxyl groups excluding tert-OH is 1. The maximum atomic E-state index is 8.96. The second-order valence-corrected chi connectivity index (χ2v) is 4.80. The predicted octanol–water partition coefficient (Wildman–Crippen LogP) is 0.499. The third-order valence-corrected chi connectivity index (χ3v) is 3.08. The summed E-state index contributed by atoms with van der Waals surface area (Å²) in [6.07, 6.45) is 5.80. The van der Waals surface area contributed by atoms with Gasteiger partial charge >= 0.3 is 0 Å². The Bertz CT molecular complexity index is 352. The zero-order valence-electron chi connectivity index (χ0n) is 10.5. The lowest BCUT2D eigenvalue weighted by Crippen LogP contribution is -2.38. The molecule has 0 aliphatic carbocycles. The molecule has 1 aromatic rings. The molecule has 5 nitrogen and oxygen atoms in total. The number of hydrogen-bond donors (Lipinski definition) is 1. The van der Waals surface area contributed by atoms with Crippen molar-refractivity contribution in [2.75, 3.05) is 32.1 Å². The Labute approximate surface area is 102 Å². The van der Waals surface area contributed by atoms with Gasteiger partial charge in [-0.3, -0.25) is 0 Å². The third-order valence-electron chi connectivity index (χ3n) is 3.08. The molecule has 0 spiro atoms. The zero-order valence-corrected chi connectivity index (χ0v) is 10.5. The molecule has 0 saturated carbocycles. The molecule has 5 heteroatoms. The Morgan fingerprint density at radius 3 is 2.71 bits per heavy atom. The van der Waals surface area contributed by atoms with Crippen LogP contribution in [-0.4, -0.2) is 53.2 Å². The van der Waals surface area contributed by atoms with Crippen molar-refractivity contribution in [3.8, 4) is 0 Å². The number of aromatic nitrogens is 2. The van der Waals surface area contributed by atoms with Crippen molar-refractivity contribution >= 4 is 5.95 Å². The number of aliphatic hydroxyl groups is 1. The Hall–Kier alpha value is -1.20. The van der Waals surface area contributed by atoms with Crippen LogP contribution in [0.3, 0.4) is 0 Å². The number of nitrogens with zero attached hydrogens (tertiary/aromatic N) is 4. The van der Waals surface area contributed by atoms with Gasteiger partial charge in [0.05, 0.1) is 6.61 Å². The highest BCUT2D eigenvalue weighted by molar-refractivity contribution is 5.33. The average Bonchev–Trinajstić information content (AvgIpc) is 2.76. The summed E-state index contributed by atoms with van der Waals surface area (Å²) in [7, 11) is 4.18. The van der Waals surface area contributed by atoms with Crippen LogP contribution in [0.1, 0.15) is 18.4 Å². The minimum atomic E-state index is 0.00140. The van der Waals surface area contributed by atoms with E-state index in [9.17, 15) is 0 Å². The highest BCUT2D eigenvalue weighted by atomic mass is 16.3. The van der Waals surface area contributed by atoms with Gasteiger partial charge in [0.2, 0.25) is 5.95 Å². The SMILES string of the molecule is CN(C)CC1CCCN1c1ncc(CO)cn1. The van der Waals surface area contributed by atoms with Crippen molar-refractivity contribution in [2.24, 2.45) is 0 Å². The molecule has 94 valence electrons. The van der Waals surface area contributed by atoms with E-state index in [4.69, 9.17) is 5.11 Å².